The van der Waals surface area contributed by atoms with Gasteiger partial charge in [-0.2, -0.15) is 0 Å². The van der Waals surface area contributed by atoms with Crippen molar-refractivity contribution in [2.75, 3.05) is 0 Å². The summed E-state index contributed by atoms with van der Waals surface area (Å²) in [6.07, 6.45) is 1.05. The molecule has 0 saturated carbocycles. The fourth-order valence-corrected chi connectivity index (χ4v) is 2.27. The SMILES string of the molecule is CC1Cc2c(c3ccccc3oc2=S)O1. The Hall–Kier alpha value is -1.35. The number of fused-ring (bicyclic) bond motifs is 3. The van der Waals surface area contributed by atoms with Crippen LogP contribution in [0.15, 0.2) is 28.7 Å². The van der Waals surface area contributed by atoms with E-state index in [0.717, 1.165) is 28.7 Å². The zero-order valence-corrected chi connectivity index (χ0v) is 9.14. The van der Waals surface area contributed by atoms with Gasteiger partial charge < -0.3 is 9.15 Å². The van der Waals surface area contributed by atoms with Crippen LogP contribution in [0.3, 0.4) is 0 Å². The van der Waals surface area contributed by atoms with Gasteiger partial charge in [0.1, 0.15) is 17.4 Å². The highest BCUT2D eigenvalue weighted by molar-refractivity contribution is 7.71. The van der Waals surface area contributed by atoms with Crippen LogP contribution < -0.4 is 4.74 Å². The molecule has 0 spiro atoms. The van der Waals surface area contributed by atoms with Crippen LogP contribution in [0.2, 0.25) is 0 Å². The summed E-state index contributed by atoms with van der Waals surface area (Å²) in [7, 11) is 0. The summed E-state index contributed by atoms with van der Waals surface area (Å²) in [6, 6.07) is 7.83. The van der Waals surface area contributed by atoms with Crippen LogP contribution in [0.5, 0.6) is 5.75 Å². The van der Waals surface area contributed by atoms with E-state index in [-0.39, 0.29) is 6.10 Å². The Labute approximate surface area is 92.5 Å². The lowest BCUT2D eigenvalue weighted by Crippen LogP contribution is -2.05. The Balaban J connectivity index is 2.43. The molecule has 76 valence electrons. The van der Waals surface area contributed by atoms with E-state index >= 15 is 0 Å². The van der Waals surface area contributed by atoms with Crippen molar-refractivity contribution in [2.45, 2.75) is 19.4 Å². The van der Waals surface area contributed by atoms with E-state index in [1.165, 1.54) is 0 Å². The molecule has 2 aromatic rings. The van der Waals surface area contributed by atoms with Gasteiger partial charge in [0.2, 0.25) is 0 Å². The summed E-state index contributed by atoms with van der Waals surface area (Å²) >= 11 is 5.21. The molecule has 0 saturated heterocycles. The van der Waals surface area contributed by atoms with E-state index in [1.54, 1.807) is 0 Å². The molecule has 3 rings (SSSR count). The fourth-order valence-electron chi connectivity index (χ4n) is 2.00. The number of benzene rings is 1. The third-order valence-corrected chi connectivity index (χ3v) is 3.00. The molecule has 3 heteroatoms. The number of hydrogen-bond acceptors (Lipinski definition) is 3. The van der Waals surface area contributed by atoms with E-state index in [0.29, 0.717) is 4.71 Å². The molecule has 0 bridgehead atoms. The van der Waals surface area contributed by atoms with Gasteiger partial charge in [-0.3, -0.25) is 0 Å². The van der Waals surface area contributed by atoms with Crippen molar-refractivity contribution < 1.29 is 9.15 Å². The second kappa shape index (κ2) is 3.07. The van der Waals surface area contributed by atoms with E-state index in [1.807, 2.05) is 31.2 Å². The van der Waals surface area contributed by atoms with Crippen LogP contribution in [0.4, 0.5) is 0 Å². The molecule has 0 amide bonds. The lowest BCUT2D eigenvalue weighted by molar-refractivity contribution is 0.257. The molecule has 1 aromatic heterocycles. The first-order valence-electron chi connectivity index (χ1n) is 4.97. The van der Waals surface area contributed by atoms with Crippen LogP contribution in [0, 0.1) is 4.71 Å². The maximum absolute atomic E-state index is 5.77. The molecular weight excluding hydrogens is 208 g/mol. The van der Waals surface area contributed by atoms with Crippen LogP contribution in [0.1, 0.15) is 12.5 Å². The number of rotatable bonds is 0. The van der Waals surface area contributed by atoms with Crippen LogP contribution in [-0.2, 0) is 6.42 Å². The van der Waals surface area contributed by atoms with Crippen molar-refractivity contribution in [2.24, 2.45) is 0 Å². The van der Waals surface area contributed by atoms with Crippen LogP contribution in [0.25, 0.3) is 11.0 Å². The summed E-state index contributed by atoms with van der Waals surface area (Å²) in [4.78, 5) is 0. The highest BCUT2D eigenvalue weighted by Crippen LogP contribution is 2.37. The van der Waals surface area contributed by atoms with Gasteiger partial charge in [0.25, 0.3) is 0 Å². The second-order valence-corrected chi connectivity index (χ2v) is 4.20. The molecule has 1 aromatic carbocycles. The molecule has 0 fully saturated rings. The molecule has 1 unspecified atom stereocenters. The molecular formula is C12H10O2S. The smallest absolute Gasteiger partial charge is 0.197 e. The third-order valence-electron chi connectivity index (χ3n) is 2.67. The van der Waals surface area contributed by atoms with Crippen molar-refractivity contribution in [3.63, 3.8) is 0 Å². The van der Waals surface area contributed by atoms with E-state index in [2.05, 4.69) is 0 Å². The monoisotopic (exact) mass is 218 g/mol. The maximum Gasteiger partial charge on any atom is 0.197 e. The van der Waals surface area contributed by atoms with Crippen LogP contribution in [-0.4, -0.2) is 6.10 Å². The number of hydrogen-bond donors (Lipinski definition) is 0. The van der Waals surface area contributed by atoms with Crippen molar-refractivity contribution >= 4 is 23.2 Å². The molecule has 1 atom stereocenters. The Bertz CT molecular complexity index is 586. The van der Waals surface area contributed by atoms with Crippen molar-refractivity contribution in [3.05, 3.63) is 34.5 Å². The first-order valence-corrected chi connectivity index (χ1v) is 5.38. The standard InChI is InChI=1S/C12H10O2S/c1-7-6-9-11(13-7)8-4-2-3-5-10(8)14-12(9)15/h2-5,7H,6H2,1H3. The molecule has 2 heterocycles. The average Bonchev–Trinajstić information content (AvgIpc) is 2.61. The predicted octanol–water partition coefficient (Wildman–Crippen LogP) is 3.49. The van der Waals surface area contributed by atoms with Gasteiger partial charge in [-0.15, -0.1) is 0 Å². The Kier molecular flexibility index (Phi) is 1.83. The minimum atomic E-state index is 0.197. The van der Waals surface area contributed by atoms with E-state index in [4.69, 9.17) is 21.4 Å². The normalized spacial score (nSPS) is 18.9. The summed E-state index contributed by atoms with van der Waals surface area (Å²) in [5.41, 5.74) is 1.84. The van der Waals surface area contributed by atoms with E-state index in [9.17, 15) is 0 Å². The summed E-state index contributed by atoms with van der Waals surface area (Å²) < 4.78 is 11.9. The van der Waals surface area contributed by atoms with Crippen molar-refractivity contribution in [1.29, 1.82) is 0 Å². The Morgan fingerprint density at radius 3 is 3.00 bits per heavy atom. The highest BCUT2D eigenvalue weighted by Gasteiger charge is 2.24. The Morgan fingerprint density at radius 2 is 2.13 bits per heavy atom. The first kappa shape index (κ1) is 8.92. The minimum Gasteiger partial charge on any atom is -0.489 e. The summed E-state index contributed by atoms with van der Waals surface area (Å²) in [6.45, 7) is 2.05. The fraction of sp³-hybridized carbons (Fsp3) is 0.250. The summed E-state index contributed by atoms with van der Waals surface area (Å²) in [5, 5.41) is 1.02. The molecule has 0 aliphatic carbocycles. The van der Waals surface area contributed by atoms with E-state index < -0.39 is 0 Å². The molecule has 0 radical (unpaired) electrons. The van der Waals surface area contributed by atoms with Crippen molar-refractivity contribution in [3.8, 4) is 5.75 Å². The predicted molar refractivity (Wildman–Crippen MR) is 60.8 cm³/mol. The quantitative estimate of drug-likeness (QED) is 0.632. The zero-order valence-electron chi connectivity index (χ0n) is 8.32. The van der Waals surface area contributed by atoms with Gasteiger partial charge in [-0.05, 0) is 31.3 Å². The number of ether oxygens (including phenoxy) is 1. The number of para-hydroxylation sites is 1. The van der Waals surface area contributed by atoms with Crippen molar-refractivity contribution in [1.82, 2.24) is 0 Å². The zero-order chi connectivity index (χ0) is 10.4. The molecule has 2 nitrogen and oxygen atoms in total. The molecule has 0 N–H and O–H groups in total. The minimum absolute atomic E-state index is 0.197. The lowest BCUT2D eigenvalue weighted by atomic mass is 10.1. The second-order valence-electron chi connectivity index (χ2n) is 3.83. The van der Waals surface area contributed by atoms with Gasteiger partial charge in [0.05, 0.1) is 10.9 Å². The van der Waals surface area contributed by atoms with Gasteiger partial charge in [0.15, 0.2) is 4.71 Å². The summed E-state index contributed by atoms with van der Waals surface area (Å²) in [5.74, 6) is 0.911. The molecule has 15 heavy (non-hydrogen) atoms. The molecule has 1 aliphatic heterocycles. The molecule has 1 aliphatic rings. The van der Waals surface area contributed by atoms with Gasteiger partial charge >= 0.3 is 0 Å². The van der Waals surface area contributed by atoms with Gasteiger partial charge in [-0.25, -0.2) is 0 Å². The van der Waals surface area contributed by atoms with Gasteiger partial charge in [0, 0.05) is 6.42 Å². The van der Waals surface area contributed by atoms with Crippen LogP contribution >= 0.6 is 12.2 Å². The lowest BCUT2D eigenvalue weighted by Gasteiger charge is -2.05. The Morgan fingerprint density at radius 1 is 1.33 bits per heavy atom. The topological polar surface area (TPSA) is 22.4 Å². The largest absolute Gasteiger partial charge is 0.489 e. The average molecular weight is 218 g/mol. The first-order chi connectivity index (χ1) is 7.25. The third kappa shape index (κ3) is 1.27. The maximum atomic E-state index is 5.77. The highest BCUT2D eigenvalue weighted by atomic mass is 32.1. The van der Waals surface area contributed by atoms with Gasteiger partial charge in [-0.1, -0.05) is 12.1 Å².